The molecule has 0 fully saturated rings. The molecule has 0 bridgehead atoms. The molecule has 0 rings (SSSR count). The van der Waals surface area contributed by atoms with Crippen LogP contribution in [0.2, 0.25) is 0 Å². The summed E-state index contributed by atoms with van der Waals surface area (Å²) >= 11 is 1.40. The smallest absolute Gasteiger partial charge is 0.115 e. The summed E-state index contributed by atoms with van der Waals surface area (Å²) in [5.41, 5.74) is 8.29. The fourth-order valence-corrected chi connectivity index (χ4v) is 1.48. The van der Waals surface area contributed by atoms with Gasteiger partial charge in [-0.25, -0.2) is 0 Å². The number of nitrogens with one attached hydrogen (secondary N) is 1. The highest BCUT2D eigenvalue weighted by molar-refractivity contribution is 8.00. The fraction of sp³-hybridized carbons (Fsp3) is 0.400. The van der Waals surface area contributed by atoms with Crippen molar-refractivity contribution in [3.8, 4) is 0 Å². The highest BCUT2D eigenvalue weighted by Gasteiger charge is 2.03. The second kappa shape index (κ2) is 6.79. The number of allylic oxidation sites excluding steroid dienone is 2. The zero-order valence-electron chi connectivity index (χ0n) is 9.00. The molecule has 0 aliphatic rings. The van der Waals surface area contributed by atoms with Crippen LogP contribution in [0.1, 0.15) is 20.8 Å². The number of rotatable bonds is 5. The Morgan fingerprint density at radius 3 is 2.57 bits per heavy atom. The predicted octanol–water partition coefficient (Wildman–Crippen LogP) is 2.06. The lowest BCUT2D eigenvalue weighted by molar-refractivity contribution is 0.879. The van der Waals surface area contributed by atoms with Gasteiger partial charge in [0.2, 0.25) is 0 Å². The van der Waals surface area contributed by atoms with Crippen LogP contribution in [0.3, 0.4) is 0 Å². The Kier molecular flexibility index (Phi) is 6.50. The minimum Gasteiger partial charge on any atom is -0.331 e. The minimum atomic E-state index is -0.0401. The summed E-state index contributed by atoms with van der Waals surface area (Å²) in [5.74, 6) is 0. The summed E-state index contributed by atoms with van der Waals surface area (Å²) in [6.45, 7) is 9.44. The van der Waals surface area contributed by atoms with Crippen LogP contribution in [0.15, 0.2) is 34.8 Å². The Morgan fingerprint density at radius 2 is 2.21 bits per heavy atom. The standard InChI is InChI=1S/C10H17BN2S/c1-5-9(8(4)12)10(11)6-14-13-7(2)3/h5-6,8,13H,2,12H2,1,3-4H3/b9-5?,10-6+. The van der Waals surface area contributed by atoms with E-state index in [0.29, 0.717) is 5.47 Å². The van der Waals surface area contributed by atoms with E-state index in [-0.39, 0.29) is 6.04 Å². The minimum absolute atomic E-state index is 0.0401. The third kappa shape index (κ3) is 5.20. The maximum atomic E-state index is 5.84. The SMILES string of the molecule is [B]/C(=C/SNC(=C)C)C(=CC)C(C)N. The van der Waals surface area contributed by atoms with E-state index in [0.717, 1.165) is 11.3 Å². The molecule has 76 valence electrons. The van der Waals surface area contributed by atoms with Crippen LogP contribution in [-0.2, 0) is 0 Å². The van der Waals surface area contributed by atoms with Crippen molar-refractivity contribution in [2.45, 2.75) is 26.8 Å². The van der Waals surface area contributed by atoms with Crippen molar-refractivity contribution in [2.24, 2.45) is 5.73 Å². The number of nitrogens with two attached hydrogens (primary N) is 1. The van der Waals surface area contributed by atoms with Crippen molar-refractivity contribution in [3.63, 3.8) is 0 Å². The van der Waals surface area contributed by atoms with Gasteiger partial charge in [-0.15, -0.1) is 0 Å². The summed E-state index contributed by atoms with van der Waals surface area (Å²) in [6, 6.07) is -0.0401. The topological polar surface area (TPSA) is 38.0 Å². The third-order valence-electron chi connectivity index (χ3n) is 1.55. The lowest BCUT2D eigenvalue weighted by Gasteiger charge is -2.12. The maximum Gasteiger partial charge on any atom is 0.115 e. The van der Waals surface area contributed by atoms with Crippen LogP contribution >= 0.6 is 11.9 Å². The highest BCUT2D eigenvalue weighted by Crippen LogP contribution is 2.13. The molecule has 0 aromatic heterocycles. The summed E-state index contributed by atoms with van der Waals surface area (Å²) in [7, 11) is 5.84. The second-order valence-corrected chi connectivity index (χ2v) is 3.78. The van der Waals surface area contributed by atoms with Gasteiger partial charge in [0.05, 0.1) is 0 Å². The van der Waals surface area contributed by atoms with E-state index in [1.54, 1.807) is 0 Å². The Morgan fingerprint density at radius 1 is 1.64 bits per heavy atom. The Balaban J connectivity index is 4.29. The first kappa shape index (κ1) is 13.4. The van der Waals surface area contributed by atoms with E-state index in [1.165, 1.54) is 11.9 Å². The van der Waals surface area contributed by atoms with Gasteiger partial charge in [0, 0.05) is 11.7 Å². The van der Waals surface area contributed by atoms with Crippen molar-refractivity contribution in [3.05, 3.63) is 34.8 Å². The average Bonchev–Trinajstić information content (AvgIpc) is 2.03. The summed E-state index contributed by atoms with van der Waals surface area (Å²) in [6.07, 6.45) is 1.93. The molecule has 0 heterocycles. The summed E-state index contributed by atoms with van der Waals surface area (Å²) < 4.78 is 2.99. The van der Waals surface area contributed by atoms with Crippen LogP contribution in [0.25, 0.3) is 0 Å². The molecule has 0 aliphatic heterocycles. The number of hydrogen-bond acceptors (Lipinski definition) is 3. The van der Waals surface area contributed by atoms with E-state index in [9.17, 15) is 0 Å². The van der Waals surface area contributed by atoms with Crippen molar-refractivity contribution < 1.29 is 0 Å². The Labute approximate surface area is 92.3 Å². The average molecular weight is 208 g/mol. The van der Waals surface area contributed by atoms with E-state index in [4.69, 9.17) is 13.6 Å². The van der Waals surface area contributed by atoms with Crippen LogP contribution < -0.4 is 10.5 Å². The summed E-state index contributed by atoms with van der Waals surface area (Å²) in [5, 5.41) is 1.83. The van der Waals surface area contributed by atoms with E-state index in [2.05, 4.69) is 11.3 Å². The fourth-order valence-electron chi connectivity index (χ4n) is 0.954. The number of hydrogen-bond donors (Lipinski definition) is 2. The predicted molar refractivity (Wildman–Crippen MR) is 66.8 cm³/mol. The Bertz CT molecular complexity index is 257. The first-order valence-electron chi connectivity index (χ1n) is 4.44. The van der Waals surface area contributed by atoms with Crippen molar-refractivity contribution >= 4 is 19.8 Å². The molecule has 1 atom stereocenters. The molecule has 0 aromatic carbocycles. The van der Waals surface area contributed by atoms with E-state index in [1.807, 2.05) is 32.3 Å². The van der Waals surface area contributed by atoms with Crippen LogP contribution in [-0.4, -0.2) is 13.9 Å². The molecule has 14 heavy (non-hydrogen) atoms. The quantitative estimate of drug-likeness (QED) is 0.412. The van der Waals surface area contributed by atoms with Crippen molar-refractivity contribution in [1.29, 1.82) is 0 Å². The lowest BCUT2D eigenvalue weighted by Crippen LogP contribution is -2.19. The zero-order valence-corrected chi connectivity index (χ0v) is 9.82. The molecule has 0 aliphatic carbocycles. The molecule has 0 aromatic rings. The van der Waals surface area contributed by atoms with Crippen LogP contribution in [0.5, 0.6) is 0 Å². The zero-order chi connectivity index (χ0) is 11.1. The van der Waals surface area contributed by atoms with Crippen LogP contribution in [0.4, 0.5) is 0 Å². The normalized spacial score (nSPS) is 15.1. The van der Waals surface area contributed by atoms with Gasteiger partial charge in [0.1, 0.15) is 7.85 Å². The summed E-state index contributed by atoms with van der Waals surface area (Å²) in [4.78, 5) is 0. The second-order valence-electron chi connectivity index (χ2n) is 3.11. The first-order valence-corrected chi connectivity index (χ1v) is 5.32. The molecule has 2 nitrogen and oxygen atoms in total. The molecule has 2 radical (unpaired) electrons. The molecule has 3 N–H and O–H groups in total. The maximum absolute atomic E-state index is 5.84. The van der Waals surface area contributed by atoms with Gasteiger partial charge >= 0.3 is 0 Å². The highest BCUT2D eigenvalue weighted by atomic mass is 32.2. The largest absolute Gasteiger partial charge is 0.331 e. The Hall–Kier alpha value is -0.605. The molecule has 0 amide bonds. The van der Waals surface area contributed by atoms with Crippen molar-refractivity contribution in [1.82, 2.24) is 4.72 Å². The van der Waals surface area contributed by atoms with Crippen LogP contribution in [0, 0.1) is 0 Å². The van der Waals surface area contributed by atoms with Gasteiger partial charge in [0.15, 0.2) is 0 Å². The lowest BCUT2D eigenvalue weighted by atomic mass is 9.86. The van der Waals surface area contributed by atoms with Gasteiger partial charge in [-0.1, -0.05) is 18.1 Å². The molecular formula is C10H17BN2S. The van der Waals surface area contributed by atoms with Gasteiger partial charge in [0.25, 0.3) is 0 Å². The monoisotopic (exact) mass is 208 g/mol. The first-order chi connectivity index (χ1) is 6.49. The molecule has 1 unspecified atom stereocenters. The van der Waals surface area contributed by atoms with Gasteiger partial charge in [-0.05, 0) is 43.7 Å². The molecular weight excluding hydrogens is 191 g/mol. The van der Waals surface area contributed by atoms with Gasteiger partial charge < -0.3 is 10.5 Å². The molecule has 4 heteroatoms. The molecule has 0 saturated heterocycles. The van der Waals surface area contributed by atoms with Crippen molar-refractivity contribution in [2.75, 3.05) is 0 Å². The van der Waals surface area contributed by atoms with Gasteiger partial charge in [-0.2, -0.15) is 0 Å². The van der Waals surface area contributed by atoms with E-state index >= 15 is 0 Å². The molecule has 0 saturated carbocycles. The molecule has 0 spiro atoms. The van der Waals surface area contributed by atoms with E-state index < -0.39 is 0 Å². The van der Waals surface area contributed by atoms with Gasteiger partial charge in [-0.3, -0.25) is 0 Å². The third-order valence-corrected chi connectivity index (χ3v) is 2.39.